The van der Waals surface area contributed by atoms with Gasteiger partial charge in [0.15, 0.2) is 0 Å². The van der Waals surface area contributed by atoms with Gasteiger partial charge in [0.1, 0.15) is 5.75 Å². The first-order chi connectivity index (χ1) is 9.95. The van der Waals surface area contributed by atoms with Crippen molar-refractivity contribution < 1.29 is 9.53 Å². The highest BCUT2D eigenvalue weighted by Crippen LogP contribution is 2.26. The fourth-order valence-electron chi connectivity index (χ4n) is 2.20. The molecule has 118 valence electrons. The summed E-state index contributed by atoms with van der Waals surface area (Å²) in [6, 6.07) is 5.86. The second-order valence-electron chi connectivity index (χ2n) is 5.76. The quantitative estimate of drug-likeness (QED) is 0.714. The number of unbranched alkanes of at least 4 members (excludes halogenated alkanes) is 3. The van der Waals surface area contributed by atoms with Crippen molar-refractivity contribution in [3.63, 3.8) is 0 Å². The van der Waals surface area contributed by atoms with E-state index in [4.69, 9.17) is 4.74 Å². The highest BCUT2D eigenvalue weighted by Gasteiger charge is 2.10. The lowest BCUT2D eigenvalue weighted by Gasteiger charge is -2.19. The van der Waals surface area contributed by atoms with Crippen molar-refractivity contribution in [1.29, 1.82) is 0 Å². The van der Waals surface area contributed by atoms with Gasteiger partial charge in [-0.1, -0.05) is 26.2 Å². The Morgan fingerprint density at radius 1 is 1.10 bits per heavy atom. The molecule has 0 aliphatic carbocycles. The summed E-state index contributed by atoms with van der Waals surface area (Å²) < 4.78 is 5.35. The zero-order valence-corrected chi connectivity index (χ0v) is 14.0. The molecule has 4 heteroatoms. The van der Waals surface area contributed by atoms with E-state index >= 15 is 0 Å². The number of carbonyl (C=O) groups excluding carboxylic acids is 1. The maximum Gasteiger partial charge on any atom is 0.414 e. The Hall–Kier alpha value is -1.71. The van der Waals surface area contributed by atoms with Crippen LogP contribution in [0.2, 0.25) is 0 Å². The summed E-state index contributed by atoms with van der Waals surface area (Å²) >= 11 is 0. The monoisotopic (exact) mass is 292 g/mol. The molecule has 1 aromatic rings. The SMILES string of the molecule is CCCCCCc1cc(OC(=O)N(C)C)ccc1N(C)C. The number of hydrogen-bond donors (Lipinski definition) is 0. The molecule has 0 bridgehead atoms. The smallest absolute Gasteiger partial charge is 0.410 e. The van der Waals surface area contributed by atoms with Gasteiger partial charge in [0.2, 0.25) is 0 Å². The predicted molar refractivity (Wildman–Crippen MR) is 88.3 cm³/mol. The summed E-state index contributed by atoms with van der Waals surface area (Å²) in [7, 11) is 7.44. The van der Waals surface area contributed by atoms with Crippen molar-refractivity contribution >= 4 is 11.8 Å². The predicted octanol–water partition coefficient (Wildman–Crippen LogP) is 3.94. The molecule has 4 nitrogen and oxygen atoms in total. The number of hydrogen-bond acceptors (Lipinski definition) is 3. The molecular weight excluding hydrogens is 264 g/mol. The van der Waals surface area contributed by atoms with Gasteiger partial charge in [-0.05, 0) is 36.6 Å². The summed E-state index contributed by atoms with van der Waals surface area (Å²) in [6.45, 7) is 2.21. The summed E-state index contributed by atoms with van der Waals surface area (Å²) in [4.78, 5) is 15.2. The van der Waals surface area contributed by atoms with E-state index in [9.17, 15) is 4.79 Å². The van der Waals surface area contributed by atoms with Gasteiger partial charge in [-0.15, -0.1) is 0 Å². The van der Waals surface area contributed by atoms with E-state index in [2.05, 4.69) is 11.8 Å². The minimum atomic E-state index is -0.343. The third-order valence-corrected chi connectivity index (χ3v) is 3.40. The fraction of sp³-hybridized carbons (Fsp3) is 0.588. The molecule has 1 amide bonds. The van der Waals surface area contributed by atoms with Crippen LogP contribution in [0.15, 0.2) is 18.2 Å². The molecule has 0 saturated heterocycles. The van der Waals surface area contributed by atoms with Crippen LogP contribution in [0.25, 0.3) is 0 Å². The van der Waals surface area contributed by atoms with Crippen LogP contribution in [0, 0.1) is 0 Å². The third-order valence-electron chi connectivity index (χ3n) is 3.40. The summed E-state index contributed by atoms with van der Waals surface area (Å²) in [5.74, 6) is 0.616. The molecule has 0 unspecified atom stereocenters. The number of rotatable bonds is 7. The van der Waals surface area contributed by atoms with Gasteiger partial charge in [-0.25, -0.2) is 4.79 Å². The first-order valence-electron chi connectivity index (χ1n) is 7.65. The average molecular weight is 292 g/mol. The maximum absolute atomic E-state index is 11.6. The largest absolute Gasteiger partial charge is 0.414 e. The van der Waals surface area contributed by atoms with Crippen molar-refractivity contribution in [2.45, 2.75) is 39.0 Å². The van der Waals surface area contributed by atoms with E-state index in [1.807, 2.05) is 32.3 Å². The number of nitrogens with zero attached hydrogens (tertiary/aromatic N) is 2. The molecule has 0 aromatic heterocycles. The second kappa shape index (κ2) is 8.55. The van der Waals surface area contributed by atoms with E-state index < -0.39 is 0 Å². The number of aryl methyl sites for hydroxylation is 1. The van der Waals surface area contributed by atoms with Crippen LogP contribution < -0.4 is 9.64 Å². The lowest BCUT2D eigenvalue weighted by atomic mass is 10.0. The zero-order valence-electron chi connectivity index (χ0n) is 14.0. The third kappa shape index (κ3) is 5.66. The summed E-state index contributed by atoms with van der Waals surface area (Å²) in [6.07, 6.45) is 5.59. The van der Waals surface area contributed by atoms with E-state index in [0.29, 0.717) is 5.75 Å². The molecule has 1 aromatic carbocycles. The van der Waals surface area contributed by atoms with Gasteiger partial charge < -0.3 is 14.5 Å². The molecule has 0 radical (unpaired) electrons. The van der Waals surface area contributed by atoms with Crippen molar-refractivity contribution in [3.8, 4) is 5.75 Å². The first-order valence-corrected chi connectivity index (χ1v) is 7.65. The van der Waals surface area contributed by atoms with Gasteiger partial charge in [-0.3, -0.25) is 0 Å². The molecular formula is C17H28N2O2. The molecule has 0 N–H and O–H groups in total. The molecule has 0 spiro atoms. The Morgan fingerprint density at radius 2 is 1.81 bits per heavy atom. The topological polar surface area (TPSA) is 32.8 Å². The maximum atomic E-state index is 11.6. The molecule has 0 heterocycles. The lowest BCUT2D eigenvalue weighted by molar-refractivity contribution is 0.172. The number of anilines is 1. The normalized spacial score (nSPS) is 10.3. The summed E-state index contributed by atoms with van der Waals surface area (Å²) in [5, 5.41) is 0. The second-order valence-corrected chi connectivity index (χ2v) is 5.76. The van der Waals surface area contributed by atoms with Crippen molar-refractivity contribution in [2.75, 3.05) is 33.1 Å². The highest BCUT2D eigenvalue weighted by molar-refractivity contribution is 5.70. The molecule has 21 heavy (non-hydrogen) atoms. The van der Waals surface area contributed by atoms with E-state index in [1.54, 1.807) is 14.1 Å². The van der Waals surface area contributed by atoms with Gasteiger partial charge in [0, 0.05) is 33.9 Å². The van der Waals surface area contributed by atoms with Crippen molar-refractivity contribution in [3.05, 3.63) is 23.8 Å². The Balaban J connectivity index is 2.82. The van der Waals surface area contributed by atoms with E-state index in [0.717, 1.165) is 6.42 Å². The van der Waals surface area contributed by atoms with Crippen LogP contribution in [0.5, 0.6) is 5.75 Å². The number of carbonyl (C=O) groups is 1. The van der Waals surface area contributed by atoms with Crippen molar-refractivity contribution in [1.82, 2.24) is 4.90 Å². The van der Waals surface area contributed by atoms with Crippen LogP contribution >= 0.6 is 0 Å². The van der Waals surface area contributed by atoms with Gasteiger partial charge in [-0.2, -0.15) is 0 Å². The Bertz CT molecular complexity index is 456. The Labute approximate surface area is 128 Å². The van der Waals surface area contributed by atoms with Crippen LogP contribution in [0.3, 0.4) is 0 Å². The minimum Gasteiger partial charge on any atom is -0.410 e. The summed E-state index contributed by atoms with van der Waals surface area (Å²) in [5.41, 5.74) is 2.43. The molecule has 0 aliphatic heterocycles. The van der Waals surface area contributed by atoms with E-state index in [-0.39, 0.29) is 6.09 Å². The minimum absolute atomic E-state index is 0.343. The van der Waals surface area contributed by atoms with Crippen molar-refractivity contribution in [2.24, 2.45) is 0 Å². The Morgan fingerprint density at radius 3 is 2.38 bits per heavy atom. The number of benzene rings is 1. The zero-order chi connectivity index (χ0) is 15.8. The van der Waals surface area contributed by atoms with Gasteiger partial charge in [0.05, 0.1) is 0 Å². The Kier molecular flexibility index (Phi) is 7.06. The number of amides is 1. The molecule has 0 saturated carbocycles. The van der Waals surface area contributed by atoms with Crippen LogP contribution in [-0.2, 0) is 6.42 Å². The molecule has 0 fully saturated rings. The van der Waals surface area contributed by atoms with Crippen LogP contribution in [0.4, 0.5) is 10.5 Å². The van der Waals surface area contributed by atoms with Crippen LogP contribution in [-0.4, -0.2) is 39.2 Å². The molecule has 0 aliphatic rings. The highest BCUT2D eigenvalue weighted by atomic mass is 16.6. The first kappa shape index (κ1) is 17.3. The van der Waals surface area contributed by atoms with Gasteiger partial charge in [0.25, 0.3) is 0 Å². The average Bonchev–Trinajstić information content (AvgIpc) is 2.43. The van der Waals surface area contributed by atoms with Crippen LogP contribution in [0.1, 0.15) is 38.2 Å². The fourth-order valence-corrected chi connectivity index (χ4v) is 2.20. The molecule has 0 atom stereocenters. The van der Waals surface area contributed by atoms with Gasteiger partial charge >= 0.3 is 6.09 Å². The number of ether oxygens (including phenoxy) is 1. The molecule has 1 rings (SSSR count). The lowest BCUT2D eigenvalue weighted by Crippen LogP contribution is -2.25. The standard InChI is InChI=1S/C17H28N2O2/c1-6-7-8-9-10-14-13-15(21-17(20)19(4)5)11-12-16(14)18(2)3/h11-13H,6-10H2,1-5H3. The van der Waals surface area contributed by atoms with E-state index in [1.165, 1.54) is 41.8 Å².